The van der Waals surface area contributed by atoms with Crippen LogP contribution in [0.3, 0.4) is 0 Å². The summed E-state index contributed by atoms with van der Waals surface area (Å²) in [4.78, 5) is 15.8. The molecule has 3 rings (SSSR count). The molecule has 0 atom stereocenters. The smallest absolute Gasteiger partial charge is 0.435 e. The van der Waals surface area contributed by atoms with E-state index in [1.165, 1.54) is 0 Å². The number of fused-ring (bicyclic) bond motifs is 1. The molecule has 1 aromatic carbocycles. The van der Waals surface area contributed by atoms with Crippen LogP contribution in [-0.4, -0.2) is 20.5 Å². The maximum absolute atomic E-state index is 13.2. The third-order valence-corrected chi connectivity index (χ3v) is 5.10. The average molecular weight is 382 g/mol. The van der Waals surface area contributed by atoms with Gasteiger partial charge in [0.05, 0.1) is 5.69 Å². The number of alkyl halides is 3. The highest BCUT2D eigenvalue weighted by Gasteiger charge is 2.41. The van der Waals surface area contributed by atoms with Crippen molar-refractivity contribution in [2.75, 3.05) is 0 Å². The third-order valence-electron chi connectivity index (χ3n) is 4.14. The first kappa shape index (κ1) is 18.4. The molecular formula is C18H17F3N2O2S. The van der Waals surface area contributed by atoms with Crippen molar-refractivity contribution >= 4 is 22.3 Å². The summed E-state index contributed by atoms with van der Waals surface area (Å²) in [6.45, 7) is 7.92. The van der Waals surface area contributed by atoms with Gasteiger partial charge in [-0.05, 0) is 23.5 Å². The van der Waals surface area contributed by atoms with E-state index in [0.717, 1.165) is 21.3 Å². The zero-order valence-corrected chi connectivity index (χ0v) is 15.4. The van der Waals surface area contributed by atoms with Gasteiger partial charge in [0.2, 0.25) is 0 Å². The Morgan fingerprint density at radius 2 is 1.73 bits per heavy atom. The average Bonchev–Trinajstić information content (AvgIpc) is 3.00. The van der Waals surface area contributed by atoms with E-state index in [9.17, 15) is 23.1 Å². The lowest BCUT2D eigenvalue weighted by Gasteiger charge is -2.19. The molecular weight excluding hydrogens is 365 g/mol. The van der Waals surface area contributed by atoms with Gasteiger partial charge in [-0.25, -0.2) is 9.78 Å². The number of rotatable bonds is 2. The number of nitrogens with zero attached hydrogens (tertiary/aromatic N) is 2. The van der Waals surface area contributed by atoms with Crippen LogP contribution in [0.2, 0.25) is 0 Å². The molecule has 0 fully saturated rings. The summed E-state index contributed by atoms with van der Waals surface area (Å²) in [6.07, 6.45) is -4.83. The number of aromatic carboxylic acids is 1. The zero-order valence-electron chi connectivity index (χ0n) is 14.6. The van der Waals surface area contributed by atoms with Gasteiger partial charge in [-0.1, -0.05) is 45.0 Å². The van der Waals surface area contributed by atoms with Gasteiger partial charge >= 0.3 is 12.1 Å². The van der Waals surface area contributed by atoms with Gasteiger partial charge in [-0.3, -0.25) is 4.40 Å². The first-order valence-corrected chi connectivity index (χ1v) is 8.66. The summed E-state index contributed by atoms with van der Waals surface area (Å²) in [5.74, 6) is -1.66. The van der Waals surface area contributed by atoms with Crippen molar-refractivity contribution < 1.29 is 23.1 Å². The SMILES string of the molecule is Cc1sc2nc(C(F)(F)F)c(C(=O)O)n2c1-c1ccc(C(C)(C)C)cc1. The Bertz CT molecular complexity index is 993. The number of imidazole rings is 1. The van der Waals surface area contributed by atoms with Crippen LogP contribution in [0, 0.1) is 6.92 Å². The molecule has 0 aliphatic rings. The van der Waals surface area contributed by atoms with Gasteiger partial charge < -0.3 is 5.11 Å². The number of hydrogen-bond acceptors (Lipinski definition) is 3. The number of halogens is 3. The van der Waals surface area contributed by atoms with Crippen LogP contribution in [-0.2, 0) is 11.6 Å². The summed E-state index contributed by atoms with van der Waals surface area (Å²) in [6, 6.07) is 7.41. The minimum Gasteiger partial charge on any atom is -0.476 e. The lowest BCUT2D eigenvalue weighted by atomic mass is 9.86. The summed E-state index contributed by atoms with van der Waals surface area (Å²) < 4.78 is 40.7. The van der Waals surface area contributed by atoms with Crippen molar-refractivity contribution in [3.8, 4) is 11.3 Å². The number of aromatic nitrogens is 2. The number of thiazole rings is 1. The maximum Gasteiger partial charge on any atom is 0.435 e. The summed E-state index contributed by atoms with van der Waals surface area (Å²) in [7, 11) is 0. The Hall–Kier alpha value is -2.35. The van der Waals surface area contributed by atoms with E-state index in [-0.39, 0.29) is 10.4 Å². The quantitative estimate of drug-likeness (QED) is 0.647. The largest absolute Gasteiger partial charge is 0.476 e. The van der Waals surface area contributed by atoms with Crippen molar-refractivity contribution in [2.45, 2.75) is 39.3 Å². The molecule has 26 heavy (non-hydrogen) atoms. The number of hydrogen-bond donors (Lipinski definition) is 1. The molecule has 0 saturated carbocycles. The molecule has 0 amide bonds. The molecule has 0 aliphatic heterocycles. The van der Waals surface area contributed by atoms with Gasteiger partial charge in [0.1, 0.15) is 0 Å². The van der Waals surface area contributed by atoms with Crippen LogP contribution >= 0.6 is 11.3 Å². The molecule has 0 radical (unpaired) electrons. The molecule has 3 aromatic rings. The van der Waals surface area contributed by atoms with Crippen LogP contribution in [0.5, 0.6) is 0 Å². The minimum absolute atomic E-state index is 0.0159. The third kappa shape index (κ3) is 2.98. The number of aryl methyl sites for hydroxylation is 1. The molecule has 8 heteroatoms. The number of carboxylic acids is 1. The molecule has 4 nitrogen and oxygen atoms in total. The van der Waals surface area contributed by atoms with Gasteiger partial charge in [-0.2, -0.15) is 13.2 Å². The fraction of sp³-hybridized carbons (Fsp3) is 0.333. The first-order chi connectivity index (χ1) is 11.9. The van der Waals surface area contributed by atoms with Gasteiger partial charge in [0, 0.05) is 4.88 Å². The Labute approximate surface area is 151 Å². The normalized spacial score (nSPS) is 12.7. The van der Waals surface area contributed by atoms with Crippen LogP contribution < -0.4 is 0 Å². The Balaban J connectivity index is 2.28. The van der Waals surface area contributed by atoms with Crippen molar-refractivity contribution in [3.63, 3.8) is 0 Å². The fourth-order valence-electron chi connectivity index (χ4n) is 2.87. The van der Waals surface area contributed by atoms with E-state index < -0.39 is 23.5 Å². The monoisotopic (exact) mass is 382 g/mol. The molecule has 2 aromatic heterocycles. The van der Waals surface area contributed by atoms with Crippen molar-refractivity contribution in [2.24, 2.45) is 0 Å². The molecule has 0 aliphatic carbocycles. The Morgan fingerprint density at radius 3 is 2.19 bits per heavy atom. The van der Waals surface area contributed by atoms with E-state index in [0.29, 0.717) is 16.1 Å². The summed E-state index contributed by atoms with van der Waals surface area (Å²) in [5, 5.41) is 9.39. The molecule has 138 valence electrons. The van der Waals surface area contributed by atoms with E-state index in [1.807, 2.05) is 12.1 Å². The Morgan fingerprint density at radius 1 is 1.15 bits per heavy atom. The second kappa shape index (κ2) is 5.84. The van der Waals surface area contributed by atoms with Gasteiger partial charge in [-0.15, -0.1) is 11.3 Å². The number of carbonyl (C=O) groups is 1. The van der Waals surface area contributed by atoms with Crippen molar-refractivity contribution in [3.05, 3.63) is 46.1 Å². The lowest BCUT2D eigenvalue weighted by Crippen LogP contribution is -2.14. The fourth-order valence-corrected chi connectivity index (χ4v) is 3.86. The minimum atomic E-state index is -4.83. The second-order valence-corrected chi connectivity index (χ2v) is 8.25. The van der Waals surface area contributed by atoms with Crippen LogP contribution in [0.25, 0.3) is 16.2 Å². The van der Waals surface area contributed by atoms with E-state index in [4.69, 9.17) is 0 Å². The standard InChI is InChI=1S/C18H17F3N2O2S/c1-9-12(10-5-7-11(8-6-10)17(2,3)4)23-13(15(24)25)14(18(19,20)21)22-16(23)26-9/h5-8H,1-4H3,(H,24,25). The first-order valence-electron chi connectivity index (χ1n) is 7.84. The second-order valence-electron chi connectivity index (χ2n) is 7.06. The summed E-state index contributed by atoms with van der Waals surface area (Å²) >= 11 is 1.04. The van der Waals surface area contributed by atoms with E-state index in [1.54, 1.807) is 19.1 Å². The number of benzene rings is 1. The summed E-state index contributed by atoms with van der Waals surface area (Å²) in [5.41, 5.74) is -0.148. The van der Waals surface area contributed by atoms with Crippen LogP contribution in [0.4, 0.5) is 13.2 Å². The molecule has 0 bridgehead atoms. The topological polar surface area (TPSA) is 54.6 Å². The lowest BCUT2D eigenvalue weighted by molar-refractivity contribution is -0.141. The highest BCUT2D eigenvalue weighted by molar-refractivity contribution is 7.17. The van der Waals surface area contributed by atoms with Gasteiger partial charge in [0.25, 0.3) is 0 Å². The molecule has 2 heterocycles. The molecule has 0 saturated heterocycles. The van der Waals surface area contributed by atoms with Crippen LogP contribution in [0.1, 0.15) is 47.4 Å². The van der Waals surface area contributed by atoms with Crippen molar-refractivity contribution in [1.29, 1.82) is 0 Å². The highest BCUT2D eigenvalue weighted by Crippen LogP contribution is 2.39. The van der Waals surface area contributed by atoms with E-state index >= 15 is 0 Å². The predicted molar refractivity (Wildman–Crippen MR) is 93.9 cm³/mol. The highest BCUT2D eigenvalue weighted by atomic mass is 32.1. The van der Waals surface area contributed by atoms with Crippen LogP contribution in [0.15, 0.2) is 24.3 Å². The number of carboxylic acid groups (broad SMARTS) is 1. The van der Waals surface area contributed by atoms with Crippen molar-refractivity contribution in [1.82, 2.24) is 9.38 Å². The molecule has 0 unspecified atom stereocenters. The van der Waals surface area contributed by atoms with Gasteiger partial charge in [0.15, 0.2) is 16.3 Å². The maximum atomic E-state index is 13.2. The molecule has 1 N–H and O–H groups in total. The molecule has 0 spiro atoms. The Kier molecular flexibility index (Phi) is 4.14. The predicted octanol–water partition coefficient (Wildman–Crippen LogP) is 5.39. The van der Waals surface area contributed by atoms with E-state index in [2.05, 4.69) is 25.8 Å². The zero-order chi connectivity index (χ0) is 19.4.